The molecule has 0 fully saturated rings. The van der Waals surface area contributed by atoms with E-state index in [1.807, 2.05) is 0 Å². The summed E-state index contributed by atoms with van der Waals surface area (Å²) < 4.78 is 9.92. The van der Waals surface area contributed by atoms with E-state index in [0.29, 0.717) is 11.3 Å². The Morgan fingerprint density at radius 1 is 1.14 bits per heavy atom. The Bertz CT molecular complexity index is 858. The minimum atomic E-state index is -0.780. The zero-order chi connectivity index (χ0) is 21.0. The van der Waals surface area contributed by atoms with Gasteiger partial charge in [0.15, 0.2) is 5.78 Å². The fraction of sp³-hybridized carbons (Fsp3) is 0.400. The van der Waals surface area contributed by atoms with Gasteiger partial charge >= 0.3 is 5.97 Å². The summed E-state index contributed by atoms with van der Waals surface area (Å²) in [4.78, 5) is 49.9. The van der Waals surface area contributed by atoms with Crippen LogP contribution >= 0.6 is 11.8 Å². The summed E-state index contributed by atoms with van der Waals surface area (Å²) in [5.41, 5.74) is 0.788. The minimum Gasteiger partial charge on any atom is -0.496 e. The SMILES string of the molecule is COC(=O)[C@@H](NC(=O)CSC1=C(C)C(=O)c2cccc(OC)c2C1=O)C(C)C. The van der Waals surface area contributed by atoms with Gasteiger partial charge in [-0.2, -0.15) is 0 Å². The molecule has 7 nitrogen and oxygen atoms in total. The van der Waals surface area contributed by atoms with Crippen LogP contribution in [0.2, 0.25) is 0 Å². The molecule has 0 saturated carbocycles. The van der Waals surface area contributed by atoms with Gasteiger partial charge in [-0.15, -0.1) is 11.8 Å². The van der Waals surface area contributed by atoms with Crippen LogP contribution in [-0.4, -0.2) is 49.5 Å². The molecule has 0 aromatic heterocycles. The molecule has 0 spiro atoms. The number of thioether (sulfide) groups is 1. The molecule has 1 aliphatic rings. The summed E-state index contributed by atoms with van der Waals surface area (Å²) in [5.74, 6) is -1.54. The van der Waals surface area contributed by atoms with E-state index in [1.165, 1.54) is 14.2 Å². The molecule has 0 aliphatic heterocycles. The van der Waals surface area contributed by atoms with E-state index >= 15 is 0 Å². The highest BCUT2D eigenvalue weighted by molar-refractivity contribution is 8.04. The number of ether oxygens (including phenoxy) is 2. The average molecular weight is 405 g/mol. The molecule has 0 saturated heterocycles. The molecule has 8 heteroatoms. The summed E-state index contributed by atoms with van der Waals surface area (Å²) in [6.45, 7) is 5.14. The molecule has 0 radical (unpaired) electrons. The maximum absolute atomic E-state index is 12.9. The number of esters is 1. The van der Waals surface area contributed by atoms with Gasteiger partial charge in [0, 0.05) is 11.1 Å². The Hall–Kier alpha value is -2.61. The summed E-state index contributed by atoms with van der Waals surface area (Å²) >= 11 is 0.971. The van der Waals surface area contributed by atoms with Crippen LogP contribution in [-0.2, 0) is 14.3 Å². The van der Waals surface area contributed by atoms with Gasteiger partial charge in [-0.05, 0) is 18.9 Å². The number of ketones is 2. The second-order valence-electron chi connectivity index (χ2n) is 6.60. The molecule has 1 atom stereocenters. The Morgan fingerprint density at radius 2 is 1.82 bits per heavy atom. The van der Waals surface area contributed by atoms with Crippen molar-refractivity contribution in [1.82, 2.24) is 5.32 Å². The van der Waals surface area contributed by atoms with Crippen LogP contribution in [0.1, 0.15) is 41.5 Å². The van der Waals surface area contributed by atoms with Crippen molar-refractivity contribution in [3.8, 4) is 5.75 Å². The number of hydrogen-bond donors (Lipinski definition) is 1. The Kier molecular flexibility index (Phi) is 7.01. The first-order valence-electron chi connectivity index (χ1n) is 8.70. The van der Waals surface area contributed by atoms with E-state index < -0.39 is 17.9 Å². The zero-order valence-electron chi connectivity index (χ0n) is 16.5. The first kappa shape index (κ1) is 21.7. The first-order valence-corrected chi connectivity index (χ1v) is 9.68. The number of hydrogen-bond acceptors (Lipinski definition) is 7. The number of carbonyl (C=O) groups is 4. The minimum absolute atomic E-state index is 0.115. The van der Waals surface area contributed by atoms with Gasteiger partial charge < -0.3 is 14.8 Å². The predicted molar refractivity (Wildman–Crippen MR) is 106 cm³/mol. The van der Waals surface area contributed by atoms with Crippen molar-refractivity contribution in [2.24, 2.45) is 5.92 Å². The van der Waals surface area contributed by atoms with E-state index in [0.717, 1.165) is 11.8 Å². The van der Waals surface area contributed by atoms with Crippen molar-refractivity contribution in [3.63, 3.8) is 0 Å². The van der Waals surface area contributed by atoms with E-state index in [4.69, 9.17) is 9.47 Å². The number of fused-ring (bicyclic) bond motifs is 1. The van der Waals surface area contributed by atoms with Crippen molar-refractivity contribution in [2.45, 2.75) is 26.8 Å². The third kappa shape index (κ3) is 4.27. The average Bonchev–Trinajstić information content (AvgIpc) is 2.68. The van der Waals surface area contributed by atoms with Crippen molar-refractivity contribution in [3.05, 3.63) is 39.8 Å². The van der Waals surface area contributed by atoms with Gasteiger partial charge in [-0.25, -0.2) is 4.79 Å². The molecular formula is C20H23NO6S. The van der Waals surface area contributed by atoms with Crippen LogP contribution in [0.15, 0.2) is 28.7 Å². The predicted octanol–water partition coefficient (Wildman–Crippen LogP) is 2.40. The molecular weight excluding hydrogens is 382 g/mol. The van der Waals surface area contributed by atoms with Crippen molar-refractivity contribution >= 4 is 35.2 Å². The van der Waals surface area contributed by atoms with Crippen molar-refractivity contribution in [2.75, 3.05) is 20.0 Å². The largest absolute Gasteiger partial charge is 0.496 e. The summed E-state index contributed by atoms with van der Waals surface area (Å²) in [6, 6.07) is 4.07. The lowest BCUT2D eigenvalue weighted by Crippen LogP contribution is -2.45. The van der Waals surface area contributed by atoms with Crippen molar-refractivity contribution in [1.29, 1.82) is 0 Å². The second kappa shape index (κ2) is 9.05. The van der Waals surface area contributed by atoms with E-state index in [-0.39, 0.29) is 39.3 Å². The van der Waals surface area contributed by atoms with E-state index in [9.17, 15) is 19.2 Å². The van der Waals surface area contributed by atoms with E-state index in [2.05, 4.69) is 5.32 Å². The molecule has 1 amide bonds. The van der Waals surface area contributed by atoms with Gasteiger partial charge in [-0.3, -0.25) is 14.4 Å². The number of benzene rings is 1. The fourth-order valence-corrected chi connectivity index (χ4v) is 3.77. The Balaban J connectivity index is 2.19. The highest BCUT2D eigenvalue weighted by atomic mass is 32.2. The van der Waals surface area contributed by atoms with Crippen LogP contribution in [0, 0.1) is 5.92 Å². The lowest BCUT2D eigenvalue weighted by molar-refractivity contribution is -0.146. The molecule has 0 heterocycles. The topological polar surface area (TPSA) is 98.8 Å². The monoisotopic (exact) mass is 405 g/mol. The zero-order valence-corrected chi connectivity index (χ0v) is 17.3. The number of carbonyl (C=O) groups excluding carboxylic acids is 4. The third-order valence-electron chi connectivity index (χ3n) is 4.39. The van der Waals surface area contributed by atoms with E-state index in [1.54, 1.807) is 39.0 Å². The lowest BCUT2D eigenvalue weighted by Gasteiger charge is -2.22. The third-order valence-corrected chi connectivity index (χ3v) is 5.58. The number of Topliss-reactive ketones (excluding diaryl/α,β-unsaturated/α-hetero) is 2. The maximum Gasteiger partial charge on any atom is 0.328 e. The Labute approximate surface area is 167 Å². The lowest BCUT2D eigenvalue weighted by atomic mass is 9.89. The molecule has 1 aromatic carbocycles. The van der Waals surface area contributed by atoms with Crippen LogP contribution in [0.5, 0.6) is 5.75 Å². The second-order valence-corrected chi connectivity index (χ2v) is 7.58. The van der Waals surface area contributed by atoms with Gasteiger partial charge in [-0.1, -0.05) is 26.0 Å². The van der Waals surface area contributed by atoms with Crippen LogP contribution in [0.25, 0.3) is 0 Å². The molecule has 150 valence electrons. The normalized spacial score (nSPS) is 14.6. The fourth-order valence-electron chi connectivity index (χ4n) is 2.86. The molecule has 2 rings (SSSR count). The highest BCUT2D eigenvalue weighted by Gasteiger charge is 2.33. The highest BCUT2D eigenvalue weighted by Crippen LogP contribution is 2.36. The summed E-state index contributed by atoms with van der Waals surface area (Å²) in [6.07, 6.45) is 0. The smallest absolute Gasteiger partial charge is 0.328 e. The van der Waals surface area contributed by atoms with Crippen molar-refractivity contribution < 1.29 is 28.7 Å². The maximum atomic E-state index is 12.9. The molecule has 0 bridgehead atoms. The van der Waals surface area contributed by atoms with Crippen LogP contribution in [0.4, 0.5) is 0 Å². The van der Waals surface area contributed by atoms with Crippen LogP contribution < -0.4 is 10.1 Å². The number of rotatable bonds is 7. The van der Waals surface area contributed by atoms with Gasteiger partial charge in [0.05, 0.1) is 30.4 Å². The number of nitrogens with one attached hydrogen (secondary N) is 1. The summed E-state index contributed by atoms with van der Waals surface area (Å²) in [7, 11) is 2.68. The Morgan fingerprint density at radius 3 is 2.39 bits per heavy atom. The van der Waals surface area contributed by atoms with Gasteiger partial charge in [0.1, 0.15) is 11.8 Å². The summed E-state index contributed by atoms with van der Waals surface area (Å²) in [5, 5.41) is 2.61. The number of allylic oxidation sites excluding steroid dienone is 2. The molecule has 0 unspecified atom stereocenters. The quantitative estimate of drug-likeness (QED) is 0.696. The first-order chi connectivity index (χ1) is 13.2. The molecule has 1 aliphatic carbocycles. The number of amides is 1. The molecule has 28 heavy (non-hydrogen) atoms. The van der Waals surface area contributed by atoms with Gasteiger partial charge in [0.2, 0.25) is 11.7 Å². The van der Waals surface area contributed by atoms with Gasteiger partial charge in [0.25, 0.3) is 0 Å². The van der Waals surface area contributed by atoms with Crippen LogP contribution in [0.3, 0.4) is 0 Å². The molecule has 1 aromatic rings. The number of methoxy groups -OCH3 is 2. The molecule has 1 N–H and O–H groups in total. The standard InChI is InChI=1S/C20H23NO6S/c1-10(2)16(20(25)27-5)21-14(22)9-28-19-11(3)17(23)12-7-6-8-13(26-4)15(12)18(19)24/h6-8,10,16H,9H2,1-5H3,(H,21,22)/t16-/m0/s1.